The van der Waals surface area contributed by atoms with Gasteiger partial charge >= 0.3 is 0 Å². The normalized spacial score (nSPS) is 11.0. The Hall–Kier alpha value is -1.19. The second-order valence-corrected chi connectivity index (χ2v) is 4.92. The summed E-state index contributed by atoms with van der Waals surface area (Å²) in [6.45, 7) is 3.93. The van der Waals surface area contributed by atoms with E-state index in [0.29, 0.717) is 21.7 Å². The fourth-order valence-corrected chi connectivity index (χ4v) is 2.44. The SMILES string of the molecule is CC(C)c1c(Cl)nc(-c2ccc(F)cc2)nc1Cl. The molecule has 94 valence electrons. The van der Waals surface area contributed by atoms with Crippen molar-refractivity contribution in [1.82, 2.24) is 9.97 Å². The van der Waals surface area contributed by atoms with E-state index in [-0.39, 0.29) is 11.7 Å². The summed E-state index contributed by atoms with van der Waals surface area (Å²) in [4.78, 5) is 8.41. The standard InChI is InChI=1S/C13H11Cl2FN2/c1-7(2)10-11(14)17-13(18-12(10)15)8-3-5-9(16)6-4-8/h3-7H,1-2H3. The zero-order valence-electron chi connectivity index (χ0n) is 9.92. The Morgan fingerprint density at radius 2 is 1.50 bits per heavy atom. The average molecular weight is 285 g/mol. The van der Waals surface area contributed by atoms with Gasteiger partial charge in [0.25, 0.3) is 0 Å². The lowest BCUT2D eigenvalue weighted by Gasteiger charge is -2.10. The molecule has 2 rings (SSSR count). The molecule has 1 aromatic heterocycles. The minimum absolute atomic E-state index is 0.146. The van der Waals surface area contributed by atoms with Gasteiger partial charge in [-0.25, -0.2) is 14.4 Å². The van der Waals surface area contributed by atoms with Crippen molar-refractivity contribution >= 4 is 23.2 Å². The number of nitrogens with zero attached hydrogens (tertiary/aromatic N) is 2. The molecule has 0 saturated carbocycles. The maximum Gasteiger partial charge on any atom is 0.162 e. The van der Waals surface area contributed by atoms with Gasteiger partial charge in [-0.05, 0) is 30.2 Å². The number of hydrogen-bond acceptors (Lipinski definition) is 2. The molecular weight excluding hydrogens is 274 g/mol. The minimum atomic E-state index is -0.310. The molecule has 0 amide bonds. The summed E-state index contributed by atoms with van der Waals surface area (Å²) in [6, 6.07) is 5.87. The van der Waals surface area contributed by atoms with Crippen LogP contribution in [0.25, 0.3) is 11.4 Å². The summed E-state index contributed by atoms with van der Waals surface area (Å²) in [5, 5.41) is 0.675. The highest BCUT2D eigenvalue weighted by atomic mass is 35.5. The third-order valence-corrected chi connectivity index (χ3v) is 3.11. The summed E-state index contributed by atoms with van der Waals surface area (Å²) < 4.78 is 12.8. The molecule has 0 fully saturated rings. The highest BCUT2D eigenvalue weighted by Gasteiger charge is 2.15. The van der Waals surface area contributed by atoms with E-state index in [1.807, 2.05) is 13.8 Å². The summed E-state index contributed by atoms with van der Waals surface area (Å²) >= 11 is 12.2. The van der Waals surface area contributed by atoms with Crippen molar-refractivity contribution in [2.24, 2.45) is 0 Å². The smallest absolute Gasteiger partial charge is 0.162 e. The highest BCUT2D eigenvalue weighted by molar-refractivity contribution is 6.34. The first-order valence-corrected chi connectivity index (χ1v) is 6.23. The van der Waals surface area contributed by atoms with Crippen LogP contribution in [0, 0.1) is 5.82 Å². The molecule has 5 heteroatoms. The van der Waals surface area contributed by atoms with E-state index in [1.165, 1.54) is 12.1 Å². The van der Waals surface area contributed by atoms with Crippen LogP contribution in [-0.4, -0.2) is 9.97 Å². The van der Waals surface area contributed by atoms with Crippen LogP contribution in [0.1, 0.15) is 25.3 Å². The molecule has 0 aliphatic rings. The zero-order chi connectivity index (χ0) is 13.3. The molecule has 0 aliphatic heterocycles. The van der Waals surface area contributed by atoms with Gasteiger partial charge in [-0.3, -0.25) is 0 Å². The summed E-state index contributed by atoms with van der Waals surface area (Å²) in [5.41, 5.74) is 1.40. The number of halogens is 3. The van der Waals surface area contributed by atoms with Crippen molar-refractivity contribution in [2.45, 2.75) is 19.8 Å². The Morgan fingerprint density at radius 1 is 1.00 bits per heavy atom. The van der Waals surface area contributed by atoms with E-state index < -0.39 is 0 Å². The maximum atomic E-state index is 12.8. The minimum Gasteiger partial charge on any atom is -0.216 e. The third-order valence-electron chi connectivity index (χ3n) is 2.53. The molecular formula is C13H11Cl2FN2. The van der Waals surface area contributed by atoms with Crippen LogP contribution in [0.4, 0.5) is 4.39 Å². The Bertz CT molecular complexity index is 545. The molecule has 0 bridgehead atoms. The van der Waals surface area contributed by atoms with Gasteiger partial charge in [0, 0.05) is 11.1 Å². The van der Waals surface area contributed by atoms with E-state index in [1.54, 1.807) is 12.1 Å². The lowest BCUT2D eigenvalue weighted by atomic mass is 10.1. The van der Waals surface area contributed by atoms with Crippen LogP contribution in [0.15, 0.2) is 24.3 Å². The molecule has 0 aliphatic carbocycles. The molecule has 1 aromatic carbocycles. The first kappa shape index (κ1) is 13.2. The molecule has 0 radical (unpaired) electrons. The van der Waals surface area contributed by atoms with Gasteiger partial charge in [-0.15, -0.1) is 0 Å². The number of benzene rings is 1. The van der Waals surface area contributed by atoms with Crippen molar-refractivity contribution in [3.8, 4) is 11.4 Å². The van der Waals surface area contributed by atoms with Crippen LogP contribution in [0.2, 0.25) is 10.3 Å². The van der Waals surface area contributed by atoms with Gasteiger partial charge in [0.2, 0.25) is 0 Å². The predicted octanol–water partition coefficient (Wildman–Crippen LogP) is 4.71. The molecule has 18 heavy (non-hydrogen) atoms. The third kappa shape index (κ3) is 2.62. The quantitative estimate of drug-likeness (QED) is 0.746. The molecule has 0 spiro atoms. The first-order valence-electron chi connectivity index (χ1n) is 5.48. The molecule has 0 saturated heterocycles. The van der Waals surface area contributed by atoms with Gasteiger partial charge in [-0.1, -0.05) is 37.0 Å². The maximum absolute atomic E-state index is 12.8. The van der Waals surface area contributed by atoms with Gasteiger partial charge < -0.3 is 0 Å². The predicted molar refractivity (Wildman–Crippen MR) is 71.5 cm³/mol. The molecule has 2 nitrogen and oxygen atoms in total. The van der Waals surface area contributed by atoms with Gasteiger partial charge in [0.15, 0.2) is 5.82 Å². The van der Waals surface area contributed by atoms with E-state index >= 15 is 0 Å². The monoisotopic (exact) mass is 284 g/mol. The molecule has 0 N–H and O–H groups in total. The Labute approximate surface area is 115 Å². The Kier molecular flexibility index (Phi) is 3.83. The van der Waals surface area contributed by atoms with Crippen molar-refractivity contribution in [2.75, 3.05) is 0 Å². The zero-order valence-corrected chi connectivity index (χ0v) is 11.4. The molecule has 0 unspecified atom stereocenters. The van der Waals surface area contributed by atoms with Crippen molar-refractivity contribution < 1.29 is 4.39 Å². The largest absolute Gasteiger partial charge is 0.216 e. The average Bonchev–Trinajstić information content (AvgIpc) is 2.28. The van der Waals surface area contributed by atoms with E-state index in [2.05, 4.69) is 9.97 Å². The number of rotatable bonds is 2. The van der Waals surface area contributed by atoms with Crippen LogP contribution in [-0.2, 0) is 0 Å². The number of aromatic nitrogens is 2. The summed E-state index contributed by atoms with van der Waals surface area (Å²) in [5.74, 6) is 0.233. The summed E-state index contributed by atoms with van der Waals surface area (Å²) in [7, 11) is 0. The summed E-state index contributed by atoms with van der Waals surface area (Å²) in [6.07, 6.45) is 0. The van der Waals surface area contributed by atoms with Crippen LogP contribution >= 0.6 is 23.2 Å². The van der Waals surface area contributed by atoms with E-state index in [9.17, 15) is 4.39 Å². The number of hydrogen-bond donors (Lipinski definition) is 0. The van der Waals surface area contributed by atoms with Crippen molar-refractivity contribution in [1.29, 1.82) is 0 Å². The lowest BCUT2D eigenvalue weighted by molar-refractivity contribution is 0.628. The second-order valence-electron chi connectivity index (χ2n) is 4.20. The van der Waals surface area contributed by atoms with E-state index in [0.717, 1.165) is 5.56 Å². The topological polar surface area (TPSA) is 25.8 Å². The van der Waals surface area contributed by atoms with Gasteiger partial charge in [-0.2, -0.15) is 0 Å². The van der Waals surface area contributed by atoms with Crippen molar-refractivity contribution in [3.63, 3.8) is 0 Å². The first-order chi connectivity index (χ1) is 8.49. The van der Waals surface area contributed by atoms with Crippen LogP contribution in [0.3, 0.4) is 0 Å². The fraction of sp³-hybridized carbons (Fsp3) is 0.231. The van der Waals surface area contributed by atoms with Crippen LogP contribution < -0.4 is 0 Å². The van der Waals surface area contributed by atoms with Crippen molar-refractivity contribution in [3.05, 3.63) is 46.0 Å². The lowest BCUT2D eigenvalue weighted by Crippen LogP contribution is -1.99. The Morgan fingerprint density at radius 3 is 1.94 bits per heavy atom. The fourth-order valence-electron chi connectivity index (χ4n) is 1.62. The molecule has 2 aromatic rings. The highest BCUT2D eigenvalue weighted by Crippen LogP contribution is 2.30. The molecule has 1 heterocycles. The Balaban J connectivity index is 2.51. The van der Waals surface area contributed by atoms with Gasteiger partial charge in [0.1, 0.15) is 16.1 Å². The van der Waals surface area contributed by atoms with E-state index in [4.69, 9.17) is 23.2 Å². The van der Waals surface area contributed by atoms with Gasteiger partial charge in [0.05, 0.1) is 0 Å². The molecule has 0 atom stereocenters. The second kappa shape index (κ2) is 5.21. The van der Waals surface area contributed by atoms with Crippen LogP contribution in [0.5, 0.6) is 0 Å².